The van der Waals surface area contributed by atoms with E-state index in [4.69, 9.17) is 4.74 Å². The molecule has 1 aliphatic rings. The zero-order valence-corrected chi connectivity index (χ0v) is 13.4. The Hall–Kier alpha value is -3.54. The summed E-state index contributed by atoms with van der Waals surface area (Å²) >= 11 is 0. The minimum Gasteiger partial charge on any atom is -0.402 e. The molecule has 6 nitrogen and oxygen atoms in total. The van der Waals surface area contributed by atoms with E-state index < -0.39 is 10.9 Å². The van der Waals surface area contributed by atoms with Crippen LogP contribution in [0.5, 0.6) is 0 Å². The molecule has 1 heterocycles. The second-order valence-electron chi connectivity index (χ2n) is 5.33. The first kappa shape index (κ1) is 16.3. The summed E-state index contributed by atoms with van der Waals surface area (Å²) in [6.07, 6.45) is 5.10. The van der Waals surface area contributed by atoms with Gasteiger partial charge in [-0.1, -0.05) is 48.6 Å². The number of nitrogens with zero attached hydrogens (tertiary/aromatic N) is 2. The van der Waals surface area contributed by atoms with Crippen LogP contribution in [0.15, 0.2) is 71.4 Å². The summed E-state index contributed by atoms with van der Waals surface area (Å²) in [6.45, 7) is 1.60. The zero-order valence-electron chi connectivity index (χ0n) is 13.4. The van der Waals surface area contributed by atoms with Crippen molar-refractivity contribution in [2.45, 2.75) is 6.92 Å². The monoisotopic (exact) mass is 334 g/mol. The first-order valence-corrected chi connectivity index (χ1v) is 7.55. The second kappa shape index (κ2) is 6.92. The lowest BCUT2D eigenvalue weighted by Crippen LogP contribution is -2.08. The Labute approximate surface area is 143 Å². The Kier molecular flexibility index (Phi) is 4.52. The summed E-state index contributed by atoms with van der Waals surface area (Å²) in [5.41, 5.74) is 1.92. The molecule has 0 N–H and O–H groups in total. The van der Waals surface area contributed by atoms with Gasteiger partial charge in [-0.2, -0.15) is 0 Å². The molecule has 0 unspecified atom stereocenters. The molecule has 25 heavy (non-hydrogen) atoms. The van der Waals surface area contributed by atoms with Gasteiger partial charge in [-0.15, -0.1) is 0 Å². The average molecular weight is 334 g/mol. The molecule has 0 saturated carbocycles. The number of aliphatic imine (C=N–C) groups is 1. The van der Waals surface area contributed by atoms with Crippen molar-refractivity contribution >= 4 is 23.6 Å². The fourth-order valence-electron chi connectivity index (χ4n) is 2.41. The maximum atomic E-state index is 12.0. The molecule has 0 fully saturated rings. The minimum atomic E-state index is -0.585. The van der Waals surface area contributed by atoms with Crippen LogP contribution in [-0.4, -0.2) is 16.8 Å². The van der Waals surface area contributed by atoms with Gasteiger partial charge in [-0.3, -0.25) is 10.1 Å². The lowest BCUT2D eigenvalue weighted by atomic mass is 10.1. The van der Waals surface area contributed by atoms with E-state index in [0.717, 1.165) is 5.56 Å². The van der Waals surface area contributed by atoms with Crippen LogP contribution in [-0.2, 0) is 9.53 Å². The standard InChI is InChI=1S/C19H14N2O4/c1-13-15(10-6-12-17(13)21(23)24)18-20-16(19(22)25-18)11-5-9-14-7-3-2-4-8-14/h2-12H,1H3/b9-5+,16-11-. The van der Waals surface area contributed by atoms with Crippen LogP contribution in [0.3, 0.4) is 0 Å². The van der Waals surface area contributed by atoms with Crippen molar-refractivity contribution in [2.75, 3.05) is 0 Å². The molecule has 0 aromatic heterocycles. The van der Waals surface area contributed by atoms with E-state index in [9.17, 15) is 14.9 Å². The molecule has 0 radical (unpaired) electrons. The van der Waals surface area contributed by atoms with Crippen molar-refractivity contribution in [1.82, 2.24) is 0 Å². The van der Waals surface area contributed by atoms with Crippen LogP contribution >= 0.6 is 0 Å². The maximum absolute atomic E-state index is 12.0. The largest absolute Gasteiger partial charge is 0.402 e. The van der Waals surface area contributed by atoms with Gasteiger partial charge in [-0.25, -0.2) is 9.79 Å². The molecule has 1 aliphatic heterocycles. The quantitative estimate of drug-likeness (QED) is 0.368. The topological polar surface area (TPSA) is 81.8 Å². The molecule has 0 saturated heterocycles. The highest BCUT2D eigenvalue weighted by molar-refractivity contribution is 6.12. The number of ether oxygens (including phenoxy) is 1. The smallest absolute Gasteiger partial charge is 0.363 e. The van der Waals surface area contributed by atoms with E-state index in [0.29, 0.717) is 11.1 Å². The molecule has 124 valence electrons. The van der Waals surface area contributed by atoms with E-state index >= 15 is 0 Å². The average Bonchev–Trinajstić information content (AvgIpc) is 2.96. The number of allylic oxidation sites excluding steroid dienone is 2. The lowest BCUT2D eigenvalue weighted by molar-refractivity contribution is -0.385. The van der Waals surface area contributed by atoms with Crippen molar-refractivity contribution in [3.63, 3.8) is 0 Å². The van der Waals surface area contributed by atoms with Crippen molar-refractivity contribution < 1.29 is 14.5 Å². The minimum absolute atomic E-state index is 0.0438. The SMILES string of the molecule is Cc1c(C2=N/C(=C\C=C\c3ccccc3)C(=O)O2)cccc1[N+](=O)[O-]. The Morgan fingerprint density at radius 1 is 1.12 bits per heavy atom. The van der Waals surface area contributed by atoms with Crippen LogP contribution in [0.2, 0.25) is 0 Å². The van der Waals surface area contributed by atoms with Crippen LogP contribution < -0.4 is 0 Å². The van der Waals surface area contributed by atoms with Gasteiger partial charge >= 0.3 is 5.97 Å². The number of benzene rings is 2. The Morgan fingerprint density at radius 3 is 2.60 bits per heavy atom. The van der Waals surface area contributed by atoms with Gasteiger partial charge in [0.1, 0.15) is 0 Å². The molecule has 2 aromatic carbocycles. The van der Waals surface area contributed by atoms with Crippen LogP contribution in [0.1, 0.15) is 16.7 Å². The highest BCUT2D eigenvalue weighted by Gasteiger charge is 2.26. The van der Waals surface area contributed by atoms with Gasteiger partial charge in [0.2, 0.25) is 5.90 Å². The van der Waals surface area contributed by atoms with Crippen LogP contribution in [0, 0.1) is 17.0 Å². The summed E-state index contributed by atoms with van der Waals surface area (Å²) in [7, 11) is 0. The molecule has 0 aliphatic carbocycles. The molecule has 3 rings (SSSR count). The van der Waals surface area contributed by atoms with Crippen molar-refractivity contribution in [3.8, 4) is 0 Å². The number of cyclic esters (lactones) is 1. The Bertz CT molecular complexity index is 928. The molecule has 0 spiro atoms. The summed E-state index contributed by atoms with van der Waals surface area (Å²) in [5, 5.41) is 11.0. The third-order valence-electron chi connectivity index (χ3n) is 3.70. The van der Waals surface area contributed by atoms with Gasteiger partial charge in [0.25, 0.3) is 5.69 Å². The Morgan fingerprint density at radius 2 is 1.88 bits per heavy atom. The number of nitro groups is 1. The predicted molar refractivity (Wildman–Crippen MR) is 94.0 cm³/mol. The summed E-state index contributed by atoms with van der Waals surface area (Å²) in [5.74, 6) is -0.510. The maximum Gasteiger partial charge on any atom is 0.363 e. The number of hydrogen-bond donors (Lipinski definition) is 0. The number of hydrogen-bond acceptors (Lipinski definition) is 5. The highest BCUT2D eigenvalue weighted by atomic mass is 16.6. The molecule has 0 bridgehead atoms. The fourth-order valence-corrected chi connectivity index (χ4v) is 2.41. The van der Waals surface area contributed by atoms with Crippen LogP contribution in [0.25, 0.3) is 6.08 Å². The number of nitro benzene ring substituents is 1. The van der Waals surface area contributed by atoms with E-state index in [-0.39, 0.29) is 17.3 Å². The van der Waals surface area contributed by atoms with E-state index in [1.165, 1.54) is 12.1 Å². The van der Waals surface area contributed by atoms with Crippen molar-refractivity contribution in [2.24, 2.45) is 4.99 Å². The van der Waals surface area contributed by atoms with Gasteiger partial charge in [0.05, 0.1) is 4.92 Å². The zero-order chi connectivity index (χ0) is 17.8. The second-order valence-corrected chi connectivity index (χ2v) is 5.33. The summed E-state index contributed by atoms with van der Waals surface area (Å²) < 4.78 is 5.16. The van der Waals surface area contributed by atoms with Gasteiger partial charge in [-0.05, 0) is 24.6 Å². The molecule has 6 heteroatoms. The lowest BCUT2D eigenvalue weighted by Gasteiger charge is -2.04. The number of rotatable bonds is 4. The van der Waals surface area contributed by atoms with E-state index in [2.05, 4.69) is 4.99 Å². The van der Waals surface area contributed by atoms with Crippen LogP contribution in [0.4, 0.5) is 5.69 Å². The fraction of sp³-hybridized carbons (Fsp3) is 0.0526. The first-order chi connectivity index (χ1) is 12.1. The molecule has 2 aromatic rings. The van der Waals surface area contributed by atoms with Gasteiger partial charge in [0, 0.05) is 17.2 Å². The van der Waals surface area contributed by atoms with E-state index in [1.54, 1.807) is 25.1 Å². The number of esters is 1. The molecule has 0 amide bonds. The first-order valence-electron chi connectivity index (χ1n) is 7.55. The molecule has 0 atom stereocenters. The van der Waals surface area contributed by atoms with E-state index in [1.807, 2.05) is 36.4 Å². The number of carbonyl (C=O) groups excluding carboxylic acids is 1. The highest BCUT2D eigenvalue weighted by Crippen LogP contribution is 2.25. The van der Waals surface area contributed by atoms with Gasteiger partial charge in [0.15, 0.2) is 5.70 Å². The predicted octanol–water partition coefficient (Wildman–Crippen LogP) is 3.80. The van der Waals surface area contributed by atoms with Gasteiger partial charge < -0.3 is 4.74 Å². The molecular formula is C19H14N2O4. The molecular weight excluding hydrogens is 320 g/mol. The third kappa shape index (κ3) is 3.53. The Balaban J connectivity index is 1.88. The summed E-state index contributed by atoms with van der Waals surface area (Å²) in [4.78, 5) is 26.7. The summed E-state index contributed by atoms with van der Waals surface area (Å²) in [6, 6.07) is 14.2. The van der Waals surface area contributed by atoms with Crippen molar-refractivity contribution in [1.29, 1.82) is 0 Å². The van der Waals surface area contributed by atoms with Crippen molar-refractivity contribution in [3.05, 3.63) is 93.2 Å². The normalized spacial score (nSPS) is 15.5. The number of carbonyl (C=O) groups is 1. The third-order valence-corrected chi connectivity index (χ3v) is 3.70.